The van der Waals surface area contributed by atoms with E-state index in [0.29, 0.717) is 33.3 Å². The van der Waals surface area contributed by atoms with Crippen LogP contribution in [-0.4, -0.2) is 65.4 Å². The molecule has 0 bridgehead atoms. The van der Waals surface area contributed by atoms with Crippen LogP contribution in [0.3, 0.4) is 0 Å². The summed E-state index contributed by atoms with van der Waals surface area (Å²) in [6.45, 7) is 3.68. The van der Waals surface area contributed by atoms with Gasteiger partial charge in [0, 0.05) is 48.5 Å². The molecular formula is C26H28N5O4+. The first-order valence-electron chi connectivity index (χ1n) is 12.2. The first-order valence-corrected chi connectivity index (χ1v) is 12.2. The Labute approximate surface area is 203 Å². The third kappa shape index (κ3) is 3.99. The van der Waals surface area contributed by atoms with E-state index in [0.717, 1.165) is 68.3 Å². The molecule has 180 valence electrons. The molecule has 9 heteroatoms. The Morgan fingerprint density at radius 3 is 3.03 bits per heavy atom. The van der Waals surface area contributed by atoms with Crippen molar-refractivity contribution in [3.8, 4) is 11.5 Å². The molecule has 0 saturated carbocycles. The molecule has 0 radical (unpaired) electrons. The van der Waals surface area contributed by atoms with Crippen LogP contribution in [0.2, 0.25) is 0 Å². The predicted molar refractivity (Wildman–Crippen MR) is 130 cm³/mol. The third-order valence-electron chi connectivity index (χ3n) is 7.35. The van der Waals surface area contributed by atoms with Gasteiger partial charge in [0.15, 0.2) is 0 Å². The number of benzene rings is 2. The number of nitrogens with one attached hydrogen (secondary N) is 1. The van der Waals surface area contributed by atoms with Gasteiger partial charge in [0.25, 0.3) is 6.54 Å². The summed E-state index contributed by atoms with van der Waals surface area (Å²) in [6, 6.07) is 9.63. The van der Waals surface area contributed by atoms with E-state index < -0.39 is 0 Å². The molecule has 6 rings (SSSR count). The highest BCUT2D eigenvalue weighted by atomic mass is 16.5. The van der Waals surface area contributed by atoms with Gasteiger partial charge in [0.05, 0.1) is 29.7 Å². The number of hydrogen-bond acceptors (Lipinski definition) is 7. The molecule has 3 aromatic rings. The number of nitrogens with zero attached hydrogens (tertiary/aromatic N) is 4. The zero-order valence-corrected chi connectivity index (χ0v) is 19.7. The highest BCUT2D eigenvalue weighted by Gasteiger charge is 2.40. The van der Waals surface area contributed by atoms with Gasteiger partial charge in [0.1, 0.15) is 27.9 Å². The van der Waals surface area contributed by atoms with Gasteiger partial charge in [-0.15, -0.1) is 5.43 Å². The number of carbonyl (C=O) groups is 1. The summed E-state index contributed by atoms with van der Waals surface area (Å²) >= 11 is 0. The van der Waals surface area contributed by atoms with E-state index in [1.54, 1.807) is 19.4 Å². The number of ether oxygens (including phenoxy) is 2. The fourth-order valence-electron chi connectivity index (χ4n) is 5.64. The Morgan fingerprint density at radius 1 is 1.23 bits per heavy atom. The minimum absolute atomic E-state index is 0.191. The number of fused-ring (bicyclic) bond motifs is 6. The fourth-order valence-corrected chi connectivity index (χ4v) is 5.64. The summed E-state index contributed by atoms with van der Waals surface area (Å²) in [5.41, 5.74) is 5.69. The predicted octanol–water partition coefficient (Wildman–Crippen LogP) is 3.37. The molecule has 1 fully saturated rings. The standard InChI is InChI=1S/C26H27N5O4/c1-34-22-5-4-6-23-25(22)19-13-30(12-16(19)15-35-23)10-3-2-7-24-27-11-18-20(28-24)9-8-17-21(32)14-31(33)29-26(17)18/h4-6,8-9,11,16,19H,2-3,7,10,12-15H2,1H3/p+1/t16-,19-/m1/s1. The minimum atomic E-state index is -0.199. The number of Topliss-reactive ketones (excluding diaryl/α,β-unsaturated/α-hetero) is 1. The van der Waals surface area contributed by atoms with Gasteiger partial charge in [-0.2, -0.15) is 0 Å². The van der Waals surface area contributed by atoms with Crippen molar-refractivity contribution in [2.75, 3.05) is 45.3 Å². The maximum Gasteiger partial charge on any atom is 0.287 e. The number of anilines is 1. The van der Waals surface area contributed by atoms with Crippen molar-refractivity contribution in [1.82, 2.24) is 14.9 Å². The lowest BCUT2D eigenvalue weighted by Gasteiger charge is -2.29. The molecule has 0 amide bonds. The second-order valence-electron chi connectivity index (χ2n) is 9.55. The number of likely N-dealkylation sites (tertiary alicyclic amines) is 1. The summed E-state index contributed by atoms with van der Waals surface area (Å²) in [6.07, 6.45) is 4.55. The van der Waals surface area contributed by atoms with Gasteiger partial charge in [0.2, 0.25) is 5.78 Å². The molecule has 1 aromatic heterocycles. The van der Waals surface area contributed by atoms with Crippen molar-refractivity contribution in [3.63, 3.8) is 0 Å². The number of unbranched alkanes of at least 4 members (excludes halogenated alkanes) is 1. The average Bonchev–Trinajstić information content (AvgIpc) is 3.29. The number of rotatable bonds is 6. The van der Waals surface area contributed by atoms with Gasteiger partial charge in [-0.1, -0.05) is 6.07 Å². The number of hydrazine groups is 1. The third-order valence-corrected chi connectivity index (χ3v) is 7.35. The van der Waals surface area contributed by atoms with Crippen LogP contribution < -0.4 is 14.9 Å². The minimum Gasteiger partial charge on any atom is -0.496 e. The Balaban J connectivity index is 1.07. The topological polar surface area (TPSA) is 96.7 Å². The van der Waals surface area contributed by atoms with Crippen molar-refractivity contribution in [3.05, 3.63) is 58.4 Å². The number of ketones is 1. The molecule has 2 atom stereocenters. The molecule has 1 saturated heterocycles. The number of carbonyl (C=O) groups excluding carboxylic acids is 1. The van der Waals surface area contributed by atoms with E-state index in [1.165, 1.54) is 5.56 Å². The molecular weight excluding hydrogens is 446 g/mol. The van der Waals surface area contributed by atoms with Crippen LogP contribution in [0.4, 0.5) is 5.69 Å². The van der Waals surface area contributed by atoms with Crippen LogP contribution in [0.1, 0.15) is 40.5 Å². The Morgan fingerprint density at radius 2 is 2.14 bits per heavy atom. The first kappa shape index (κ1) is 21.9. The van der Waals surface area contributed by atoms with E-state index in [4.69, 9.17) is 9.47 Å². The first-order chi connectivity index (χ1) is 17.1. The average molecular weight is 475 g/mol. The van der Waals surface area contributed by atoms with Crippen molar-refractivity contribution in [2.24, 2.45) is 5.92 Å². The Bertz CT molecular complexity index is 1310. The van der Waals surface area contributed by atoms with Gasteiger partial charge >= 0.3 is 0 Å². The quantitative estimate of drug-likeness (QED) is 0.429. The molecule has 2 aromatic carbocycles. The molecule has 3 aliphatic rings. The van der Waals surface area contributed by atoms with Crippen LogP contribution in [0.25, 0.3) is 10.9 Å². The van der Waals surface area contributed by atoms with Gasteiger partial charge in [-0.25, -0.2) is 9.97 Å². The molecule has 0 unspecified atom stereocenters. The number of nitroso groups, excluding NO2 is 1. The lowest BCUT2D eigenvalue weighted by atomic mass is 9.86. The fraction of sp³-hybridized carbons (Fsp3) is 0.423. The second kappa shape index (κ2) is 8.88. The van der Waals surface area contributed by atoms with Crippen LogP contribution in [0.15, 0.2) is 36.5 Å². The molecule has 1 N–H and O–H groups in total. The smallest absolute Gasteiger partial charge is 0.287 e. The highest BCUT2D eigenvalue weighted by molar-refractivity contribution is 6.09. The van der Waals surface area contributed by atoms with E-state index in [-0.39, 0.29) is 12.3 Å². The Kier molecular flexibility index (Phi) is 5.56. The molecule has 0 spiro atoms. The largest absolute Gasteiger partial charge is 0.496 e. The van der Waals surface area contributed by atoms with E-state index in [9.17, 15) is 9.70 Å². The number of methoxy groups -OCH3 is 1. The summed E-state index contributed by atoms with van der Waals surface area (Å²) in [7, 11) is 1.73. The Hall–Kier alpha value is -3.59. The van der Waals surface area contributed by atoms with Gasteiger partial charge < -0.3 is 14.4 Å². The van der Waals surface area contributed by atoms with Gasteiger partial charge in [-0.3, -0.25) is 4.79 Å². The zero-order chi connectivity index (χ0) is 23.9. The normalized spacial score (nSPS) is 21.2. The molecule has 0 aliphatic carbocycles. The highest BCUT2D eigenvalue weighted by Crippen LogP contribution is 2.46. The molecule has 3 aliphatic heterocycles. The summed E-state index contributed by atoms with van der Waals surface area (Å²) in [5.74, 6) is 3.42. The molecule has 9 nitrogen and oxygen atoms in total. The van der Waals surface area contributed by atoms with Crippen molar-refractivity contribution in [2.45, 2.75) is 25.2 Å². The lowest BCUT2D eigenvalue weighted by molar-refractivity contribution is -0.505. The summed E-state index contributed by atoms with van der Waals surface area (Å²) < 4.78 is 11.7. The monoisotopic (exact) mass is 474 g/mol. The van der Waals surface area contributed by atoms with Crippen LogP contribution in [0.5, 0.6) is 11.5 Å². The van der Waals surface area contributed by atoms with Crippen molar-refractivity contribution >= 4 is 22.4 Å². The molecule has 35 heavy (non-hydrogen) atoms. The maximum absolute atomic E-state index is 12.1. The lowest BCUT2D eigenvalue weighted by Crippen LogP contribution is -2.30. The van der Waals surface area contributed by atoms with Crippen LogP contribution >= 0.6 is 0 Å². The van der Waals surface area contributed by atoms with Gasteiger partial charge in [-0.05, 0) is 43.7 Å². The maximum atomic E-state index is 12.1. The SMILES string of the molecule is COc1cccc2c1[C@@H]1CN(CCCCc3ncc4c5c(ccc4n3)C(=O)C[N+](=O)N5)C[C@@H]1CO2. The second-order valence-corrected chi connectivity index (χ2v) is 9.55. The number of aromatic nitrogens is 2. The zero-order valence-electron chi connectivity index (χ0n) is 19.7. The van der Waals surface area contributed by atoms with E-state index in [2.05, 4.69) is 20.3 Å². The van der Waals surface area contributed by atoms with Crippen molar-refractivity contribution in [1.29, 1.82) is 0 Å². The summed E-state index contributed by atoms with van der Waals surface area (Å²) in [4.78, 5) is 36.1. The van der Waals surface area contributed by atoms with Crippen LogP contribution in [0, 0.1) is 10.8 Å². The number of hydrogen-bond donors (Lipinski definition) is 1. The van der Waals surface area contributed by atoms with E-state index in [1.807, 2.05) is 24.3 Å². The van der Waals surface area contributed by atoms with Crippen LogP contribution in [-0.2, 0) is 6.42 Å². The molecule has 4 heterocycles. The van der Waals surface area contributed by atoms with Crippen molar-refractivity contribution < 1.29 is 19.1 Å². The summed E-state index contributed by atoms with van der Waals surface area (Å²) in [5, 5.41) is 0.692. The van der Waals surface area contributed by atoms with E-state index >= 15 is 0 Å². The number of aryl methyl sites for hydroxylation is 1.